The molecule has 0 radical (unpaired) electrons. The first-order chi connectivity index (χ1) is 12.2. The van der Waals surface area contributed by atoms with Gasteiger partial charge in [0.05, 0.1) is 11.6 Å². The van der Waals surface area contributed by atoms with Crippen molar-refractivity contribution in [2.75, 3.05) is 0 Å². The van der Waals surface area contributed by atoms with E-state index in [0.717, 1.165) is 22.4 Å². The van der Waals surface area contributed by atoms with E-state index in [2.05, 4.69) is 9.98 Å². The fraction of sp³-hybridized carbons (Fsp3) is 0.0952. The highest BCUT2D eigenvalue weighted by Crippen LogP contribution is 2.24. The van der Waals surface area contributed by atoms with E-state index in [0.29, 0.717) is 6.42 Å². The molecular formula is C21H18N2O2. The fourth-order valence-electron chi connectivity index (χ4n) is 2.59. The monoisotopic (exact) mass is 330 g/mol. The molecule has 4 nitrogen and oxygen atoms in total. The van der Waals surface area contributed by atoms with Crippen molar-refractivity contribution < 1.29 is 9.90 Å². The van der Waals surface area contributed by atoms with E-state index in [9.17, 15) is 9.90 Å². The Labute approximate surface area is 146 Å². The van der Waals surface area contributed by atoms with E-state index < -0.39 is 11.9 Å². The molecule has 1 N–H and O–H groups in total. The largest absolute Gasteiger partial charge is 0.481 e. The predicted octanol–water partition coefficient (Wildman–Crippen LogP) is 4.24. The maximum Gasteiger partial charge on any atom is 0.311 e. The van der Waals surface area contributed by atoms with Gasteiger partial charge in [0.15, 0.2) is 0 Å². The summed E-state index contributed by atoms with van der Waals surface area (Å²) in [5, 5.41) is 9.57. The Kier molecular flexibility index (Phi) is 5.32. The number of benzene rings is 2. The highest BCUT2D eigenvalue weighted by molar-refractivity contribution is 5.81. The van der Waals surface area contributed by atoms with Gasteiger partial charge in [-0.05, 0) is 47.4 Å². The van der Waals surface area contributed by atoms with Gasteiger partial charge in [0.2, 0.25) is 0 Å². The van der Waals surface area contributed by atoms with Crippen LogP contribution in [0.25, 0.3) is 0 Å². The Morgan fingerprint density at radius 1 is 1.00 bits per heavy atom. The second-order valence-electron chi connectivity index (χ2n) is 5.71. The van der Waals surface area contributed by atoms with Crippen molar-refractivity contribution in [1.82, 2.24) is 4.98 Å². The van der Waals surface area contributed by atoms with Crippen LogP contribution in [0.2, 0.25) is 0 Å². The van der Waals surface area contributed by atoms with Crippen molar-refractivity contribution in [3.05, 3.63) is 95.8 Å². The van der Waals surface area contributed by atoms with Crippen LogP contribution >= 0.6 is 0 Å². The lowest BCUT2D eigenvalue weighted by Crippen LogP contribution is -2.14. The van der Waals surface area contributed by atoms with Gasteiger partial charge in [0, 0.05) is 18.6 Å². The molecule has 0 saturated heterocycles. The van der Waals surface area contributed by atoms with E-state index in [1.165, 1.54) is 0 Å². The summed E-state index contributed by atoms with van der Waals surface area (Å²) in [4.78, 5) is 20.0. The van der Waals surface area contributed by atoms with Gasteiger partial charge >= 0.3 is 5.97 Å². The molecule has 0 fully saturated rings. The summed E-state index contributed by atoms with van der Waals surface area (Å²) in [6.45, 7) is 0. The second-order valence-corrected chi connectivity index (χ2v) is 5.71. The van der Waals surface area contributed by atoms with Crippen LogP contribution in [-0.4, -0.2) is 22.3 Å². The lowest BCUT2D eigenvalue weighted by Gasteiger charge is -2.13. The minimum Gasteiger partial charge on any atom is -0.481 e. The van der Waals surface area contributed by atoms with Gasteiger partial charge in [-0.3, -0.25) is 14.8 Å². The number of nitrogens with zero attached hydrogens (tertiary/aromatic N) is 2. The van der Waals surface area contributed by atoms with Crippen LogP contribution in [0, 0.1) is 0 Å². The third-order valence-electron chi connectivity index (χ3n) is 3.94. The Morgan fingerprint density at radius 2 is 1.68 bits per heavy atom. The number of aliphatic carboxylic acids is 1. The quantitative estimate of drug-likeness (QED) is 0.688. The van der Waals surface area contributed by atoms with Crippen LogP contribution in [-0.2, 0) is 11.2 Å². The molecule has 0 aliphatic carbocycles. The topological polar surface area (TPSA) is 62.5 Å². The molecule has 0 aliphatic heterocycles. The summed E-state index contributed by atoms with van der Waals surface area (Å²) in [6.07, 6.45) is 5.65. The predicted molar refractivity (Wildman–Crippen MR) is 98.5 cm³/mol. The van der Waals surface area contributed by atoms with Crippen molar-refractivity contribution in [3.63, 3.8) is 0 Å². The van der Waals surface area contributed by atoms with Crippen molar-refractivity contribution in [2.24, 2.45) is 4.99 Å². The lowest BCUT2D eigenvalue weighted by molar-refractivity contribution is -0.138. The number of carbonyl (C=O) groups is 1. The Balaban J connectivity index is 1.75. The number of aliphatic imine (C=N–C) groups is 1. The van der Waals surface area contributed by atoms with Gasteiger partial charge in [0.1, 0.15) is 0 Å². The Bertz CT molecular complexity index is 844. The van der Waals surface area contributed by atoms with E-state index in [1.807, 2.05) is 66.7 Å². The zero-order chi connectivity index (χ0) is 17.5. The minimum absolute atomic E-state index is 0.468. The first-order valence-corrected chi connectivity index (χ1v) is 8.03. The summed E-state index contributed by atoms with van der Waals surface area (Å²) in [5.41, 5.74) is 3.53. The van der Waals surface area contributed by atoms with Crippen LogP contribution in [0.15, 0.2) is 84.1 Å². The highest BCUT2D eigenvalue weighted by atomic mass is 16.4. The molecule has 1 heterocycles. The van der Waals surface area contributed by atoms with Crippen molar-refractivity contribution >= 4 is 17.9 Å². The molecule has 1 atom stereocenters. The van der Waals surface area contributed by atoms with Gasteiger partial charge in [-0.1, -0.05) is 42.5 Å². The van der Waals surface area contributed by atoms with Crippen molar-refractivity contribution in [1.29, 1.82) is 0 Å². The summed E-state index contributed by atoms with van der Waals surface area (Å²) in [6, 6.07) is 20.8. The van der Waals surface area contributed by atoms with Gasteiger partial charge in [-0.2, -0.15) is 0 Å². The Hall–Kier alpha value is -3.27. The van der Waals surface area contributed by atoms with E-state index in [4.69, 9.17) is 0 Å². The maximum atomic E-state index is 11.7. The second kappa shape index (κ2) is 8.02. The zero-order valence-electron chi connectivity index (χ0n) is 13.6. The molecule has 0 saturated carbocycles. The lowest BCUT2D eigenvalue weighted by atomic mass is 9.92. The number of aromatic nitrogens is 1. The molecule has 0 amide bonds. The number of carboxylic acids is 1. The molecule has 4 heteroatoms. The highest BCUT2D eigenvalue weighted by Gasteiger charge is 2.20. The molecule has 0 bridgehead atoms. The number of rotatable bonds is 6. The Morgan fingerprint density at radius 3 is 2.32 bits per heavy atom. The summed E-state index contributed by atoms with van der Waals surface area (Å²) in [7, 11) is 0. The molecule has 1 unspecified atom stereocenters. The standard InChI is InChI=1S/C21H18N2O2/c24-21(25)20(14-16-4-2-1-3-5-16)18-6-8-19(9-7-18)23-15-17-10-12-22-13-11-17/h1-13,15,20H,14H2,(H,24,25)/b23-15+. The number of hydrogen-bond donors (Lipinski definition) is 1. The van der Waals surface area contributed by atoms with Crippen molar-refractivity contribution in [3.8, 4) is 0 Å². The minimum atomic E-state index is -0.822. The van der Waals surface area contributed by atoms with E-state index in [-0.39, 0.29) is 0 Å². The van der Waals surface area contributed by atoms with Crippen LogP contribution in [0.1, 0.15) is 22.6 Å². The number of hydrogen-bond acceptors (Lipinski definition) is 3. The van der Waals surface area contributed by atoms with Crippen LogP contribution in [0.4, 0.5) is 5.69 Å². The summed E-state index contributed by atoms with van der Waals surface area (Å²) >= 11 is 0. The molecule has 124 valence electrons. The van der Waals surface area contributed by atoms with Gasteiger partial charge in [-0.15, -0.1) is 0 Å². The number of carboxylic acid groups (broad SMARTS) is 1. The van der Waals surface area contributed by atoms with Crippen molar-refractivity contribution in [2.45, 2.75) is 12.3 Å². The molecule has 3 rings (SSSR count). The first-order valence-electron chi connectivity index (χ1n) is 8.03. The SMILES string of the molecule is O=C(O)C(Cc1ccccc1)c1ccc(/N=C/c2ccncc2)cc1. The third-order valence-corrected chi connectivity index (χ3v) is 3.94. The third kappa shape index (κ3) is 4.61. The van der Waals surface area contributed by atoms with E-state index in [1.54, 1.807) is 18.6 Å². The molecule has 3 aromatic rings. The average molecular weight is 330 g/mol. The maximum absolute atomic E-state index is 11.7. The van der Waals surface area contributed by atoms with Gasteiger partial charge < -0.3 is 5.11 Å². The van der Waals surface area contributed by atoms with Gasteiger partial charge in [-0.25, -0.2) is 0 Å². The van der Waals surface area contributed by atoms with Crippen LogP contribution in [0.5, 0.6) is 0 Å². The smallest absolute Gasteiger partial charge is 0.311 e. The number of pyridine rings is 1. The molecule has 25 heavy (non-hydrogen) atoms. The molecule has 2 aromatic carbocycles. The molecule has 0 spiro atoms. The summed E-state index contributed by atoms with van der Waals surface area (Å²) in [5.74, 6) is -1.39. The molecule has 0 aliphatic rings. The van der Waals surface area contributed by atoms with Crippen LogP contribution < -0.4 is 0 Å². The van der Waals surface area contributed by atoms with Crippen LogP contribution in [0.3, 0.4) is 0 Å². The first kappa shape index (κ1) is 16.6. The normalized spacial score (nSPS) is 12.2. The zero-order valence-corrected chi connectivity index (χ0v) is 13.6. The average Bonchev–Trinajstić information content (AvgIpc) is 2.66. The molecule has 1 aromatic heterocycles. The molecular weight excluding hydrogens is 312 g/mol. The van der Waals surface area contributed by atoms with Gasteiger partial charge in [0.25, 0.3) is 0 Å². The summed E-state index contributed by atoms with van der Waals surface area (Å²) < 4.78 is 0. The van der Waals surface area contributed by atoms with E-state index >= 15 is 0 Å². The fourth-order valence-corrected chi connectivity index (χ4v) is 2.59.